The number of aromatic nitrogens is 1. The lowest BCUT2D eigenvalue weighted by Gasteiger charge is -2.11. The molecule has 8 heteroatoms. The summed E-state index contributed by atoms with van der Waals surface area (Å²) in [6.45, 7) is 1.91. The molecule has 0 spiro atoms. The van der Waals surface area contributed by atoms with E-state index in [2.05, 4.69) is 15.0 Å². The van der Waals surface area contributed by atoms with Crippen LogP contribution in [0.3, 0.4) is 0 Å². The Bertz CT molecular complexity index is 1170. The summed E-state index contributed by atoms with van der Waals surface area (Å²) in [6.07, 6.45) is 6.03. The van der Waals surface area contributed by atoms with Crippen LogP contribution in [0.1, 0.15) is 41.6 Å². The van der Waals surface area contributed by atoms with Gasteiger partial charge in [-0.25, -0.2) is 13.4 Å². The fourth-order valence-corrected chi connectivity index (χ4v) is 5.37. The zero-order valence-electron chi connectivity index (χ0n) is 17.7. The van der Waals surface area contributed by atoms with Gasteiger partial charge in [-0.2, -0.15) is 0 Å². The first-order chi connectivity index (χ1) is 15.4. The molecule has 1 saturated carbocycles. The summed E-state index contributed by atoms with van der Waals surface area (Å²) in [6, 6.07) is 17.7. The van der Waals surface area contributed by atoms with Crippen LogP contribution in [-0.2, 0) is 10.0 Å². The largest absolute Gasteiger partial charge is 0.349 e. The molecule has 1 aliphatic carbocycles. The van der Waals surface area contributed by atoms with Gasteiger partial charge in [0.1, 0.15) is 5.03 Å². The lowest BCUT2D eigenvalue weighted by Crippen LogP contribution is -2.32. The second kappa shape index (κ2) is 9.75. The summed E-state index contributed by atoms with van der Waals surface area (Å²) in [4.78, 5) is 17.9. The number of anilines is 1. The van der Waals surface area contributed by atoms with Crippen LogP contribution in [0.25, 0.3) is 0 Å². The number of benzene rings is 2. The third-order valence-corrected chi connectivity index (χ3v) is 7.70. The van der Waals surface area contributed by atoms with E-state index in [4.69, 9.17) is 0 Å². The van der Waals surface area contributed by atoms with Crippen LogP contribution in [-0.4, -0.2) is 25.4 Å². The van der Waals surface area contributed by atoms with Gasteiger partial charge in [-0.1, -0.05) is 42.3 Å². The Kier molecular flexibility index (Phi) is 6.81. The minimum atomic E-state index is -3.63. The maximum Gasteiger partial charge on any atom is 0.261 e. The number of hydrogen-bond donors (Lipinski definition) is 2. The normalized spacial score (nSPS) is 14.3. The molecule has 1 fully saturated rings. The zero-order valence-corrected chi connectivity index (χ0v) is 19.4. The molecular weight excluding hydrogens is 442 g/mol. The quantitative estimate of drug-likeness (QED) is 0.510. The SMILES string of the molecule is Cc1ccc(S(=O)(=O)Nc2ccc(Sc3ccc(C(=O)NC4CCCC4)cn3)cc2)cc1. The first-order valence-electron chi connectivity index (χ1n) is 10.5. The predicted octanol–water partition coefficient (Wildman–Crippen LogP) is 5.01. The molecule has 2 N–H and O–H groups in total. The molecule has 166 valence electrons. The Hall–Kier alpha value is -2.84. The first-order valence-corrected chi connectivity index (χ1v) is 12.8. The van der Waals surface area contributed by atoms with E-state index in [1.54, 1.807) is 48.7 Å². The standard InChI is InChI=1S/C24H25N3O3S2/c1-17-6-13-22(14-7-17)32(29,30)27-20-9-11-21(12-10-20)31-23-15-8-18(16-25-23)24(28)26-19-4-2-3-5-19/h6-16,19,27H,2-5H2,1H3,(H,26,28). The molecule has 0 bridgehead atoms. The van der Waals surface area contributed by atoms with Crippen molar-refractivity contribution in [1.82, 2.24) is 10.3 Å². The number of nitrogens with zero attached hydrogens (tertiary/aromatic N) is 1. The average molecular weight is 468 g/mol. The molecule has 1 heterocycles. The van der Waals surface area contributed by atoms with Crippen LogP contribution >= 0.6 is 11.8 Å². The van der Waals surface area contributed by atoms with Gasteiger partial charge in [-0.3, -0.25) is 9.52 Å². The van der Waals surface area contributed by atoms with Crippen LogP contribution < -0.4 is 10.0 Å². The van der Waals surface area contributed by atoms with Crippen molar-refractivity contribution in [3.8, 4) is 0 Å². The second-order valence-electron chi connectivity index (χ2n) is 7.88. The van der Waals surface area contributed by atoms with Crippen molar-refractivity contribution in [3.05, 3.63) is 78.0 Å². The molecule has 6 nitrogen and oxygen atoms in total. The van der Waals surface area contributed by atoms with Gasteiger partial charge in [-0.15, -0.1) is 0 Å². The van der Waals surface area contributed by atoms with E-state index in [1.165, 1.54) is 24.6 Å². The van der Waals surface area contributed by atoms with Gasteiger partial charge in [0.05, 0.1) is 10.5 Å². The maximum atomic E-state index is 12.5. The van der Waals surface area contributed by atoms with Gasteiger partial charge in [0.2, 0.25) is 0 Å². The molecule has 1 amide bonds. The van der Waals surface area contributed by atoms with E-state index in [0.29, 0.717) is 11.3 Å². The fourth-order valence-electron chi connectivity index (χ4n) is 3.56. The molecule has 0 saturated heterocycles. The molecular formula is C24H25N3O3S2. The molecule has 3 aromatic rings. The Morgan fingerprint density at radius 1 is 0.969 bits per heavy atom. The van der Waals surface area contributed by atoms with E-state index >= 15 is 0 Å². The Morgan fingerprint density at radius 3 is 2.28 bits per heavy atom. The fraction of sp³-hybridized carbons (Fsp3) is 0.250. The topological polar surface area (TPSA) is 88.2 Å². The number of carbonyl (C=O) groups is 1. The van der Waals surface area contributed by atoms with Crippen LogP contribution in [0.5, 0.6) is 0 Å². The smallest absolute Gasteiger partial charge is 0.261 e. The second-order valence-corrected chi connectivity index (χ2v) is 10.7. The van der Waals surface area contributed by atoms with Gasteiger partial charge in [0.15, 0.2) is 0 Å². The van der Waals surface area contributed by atoms with E-state index in [9.17, 15) is 13.2 Å². The summed E-state index contributed by atoms with van der Waals surface area (Å²) in [5.41, 5.74) is 2.05. The number of carbonyl (C=O) groups excluding carboxylic acids is 1. The van der Waals surface area contributed by atoms with Crippen LogP contribution in [0.4, 0.5) is 5.69 Å². The van der Waals surface area contributed by atoms with E-state index in [1.807, 2.05) is 25.1 Å². The highest BCUT2D eigenvalue weighted by Gasteiger charge is 2.18. The van der Waals surface area contributed by atoms with Gasteiger partial charge >= 0.3 is 0 Å². The van der Waals surface area contributed by atoms with E-state index in [-0.39, 0.29) is 16.8 Å². The molecule has 0 radical (unpaired) electrons. The third-order valence-electron chi connectivity index (χ3n) is 5.35. The van der Waals surface area contributed by atoms with Gasteiger partial charge in [-0.05, 0) is 68.3 Å². The summed E-state index contributed by atoms with van der Waals surface area (Å²) in [5.74, 6) is -0.0776. The zero-order chi connectivity index (χ0) is 22.6. The summed E-state index contributed by atoms with van der Waals surface area (Å²) in [7, 11) is -3.63. The Morgan fingerprint density at radius 2 is 1.66 bits per heavy atom. The minimum Gasteiger partial charge on any atom is -0.349 e. The first kappa shape index (κ1) is 22.4. The highest BCUT2D eigenvalue weighted by Crippen LogP contribution is 2.28. The minimum absolute atomic E-state index is 0.0776. The van der Waals surface area contributed by atoms with Gasteiger partial charge in [0.25, 0.3) is 15.9 Å². The maximum absolute atomic E-state index is 12.5. The molecule has 0 unspecified atom stereocenters. The highest BCUT2D eigenvalue weighted by atomic mass is 32.2. The van der Waals surface area contributed by atoms with Crippen molar-refractivity contribution >= 4 is 33.4 Å². The molecule has 0 atom stereocenters. The third kappa shape index (κ3) is 5.69. The monoisotopic (exact) mass is 467 g/mol. The van der Waals surface area contributed by atoms with Crippen molar-refractivity contribution in [3.63, 3.8) is 0 Å². The van der Waals surface area contributed by atoms with Crippen molar-refractivity contribution in [2.75, 3.05) is 4.72 Å². The van der Waals surface area contributed by atoms with Crippen molar-refractivity contribution in [2.24, 2.45) is 0 Å². The number of amides is 1. The Labute approximate surface area is 192 Å². The lowest BCUT2D eigenvalue weighted by atomic mass is 10.2. The molecule has 0 aliphatic heterocycles. The number of rotatable bonds is 7. The van der Waals surface area contributed by atoms with Crippen molar-refractivity contribution in [2.45, 2.75) is 53.5 Å². The number of hydrogen-bond acceptors (Lipinski definition) is 5. The number of sulfonamides is 1. The number of nitrogens with one attached hydrogen (secondary N) is 2. The highest BCUT2D eigenvalue weighted by molar-refractivity contribution is 7.99. The Balaban J connectivity index is 1.36. The lowest BCUT2D eigenvalue weighted by molar-refractivity contribution is 0.0937. The molecule has 1 aliphatic rings. The molecule has 1 aromatic heterocycles. The van der Waals surface area contributed by atoms with Crippen LogP contribution in [0, 0.1) is 6.92 Å². The van der Waals surface area contributed by atoms with Crippen LogP contribution in [0.2, 0.25) is 0 Å². The van der Waals surface area contributed by atoms with Gasteiger partial charge < -0.3 is 5.32 Å². The van der Waals surface area contributed by atoms with Crippen molar-refractivity contribution in [1.29, 1.82) is 0 Å². The van der Waals surface area contributed by atoms with Gasteiger partial charge in [0, 0.05) is 22.8 Å². The summed E-state index contributed by atoms with van der Waals surface area (Å²) >= 11 is 1.45. The number of aryl methyl sites for hydroxylation is 1. The molecule has 4 rings (SSSR count). The molecule has 32 heavy (non-hydrogen) atoms. The molecule has 2 aromatic carbocycles. The van der Waals surface area contributed by atoms with E-state index < -0.39 is 10.0 Å². The number of pyridine rings is 1. The van der Waals surface area contributed by atoms with Crippen molar-refractivity contribution < 1.29 is 13.2 Å². The average Bonchev–Trinajstić information content (AvgIpc) is 3.29. The summed E-state index contributed by atoms with van der Waals surface area (Å²) in [5, 5.41) is 3.82. The van der Waals surface area contributed by atoms with Crippen LogP contribution in [0.15, 0.2) is 81.7 Å². The predicted molar refractivity (Wildman–Crippen MR) is 127 cm³/mol. The van der Waals surface area contributed by atoms with E-state index in [0.717, 1.165) is 28.3 Å². The summed E-state index contributed by atoms with van der Waals surface area (Å²) < 4.78 is 27.6.